The van der Waals surface area contributed by atoms with E-state index in [1.54, 1.807) is 0 Å². The topological polar surface area (TPSA) is 15.3 Å². The molecule has 0 bridgehead atoms. The first-order valence-electron chi connectivity index (χ1n) is 7.73. The van der Waals surface area contributed by atoms with Gasteiger partial charge in [0.2, 0.25) is 0 Å². The largest absolute Gasteiger partial charge is 0.314 e. The van der Waals surface area contributed by atoms with Crippen molar-refractivity contribution in [1.82, 2.24) is 10.2 Å². The van der Waals surface area contributed by atoms with Crippen molar-refractivity contribution >= 4 is 0 Å². The minimum absolute atomic E-state index is 0.754. The maximum Gasteiger partial charge on any atom is 0.00767 e. The van der Waals surface area contributed by atoms with Crippen LogP contribution in [0, 0.1) is 11.8 Å². The molecule has 0 aromatic heterocycles. The van der Waals surface area contributed by atoms with Crippen molar-refractivity contribution in [3.63, 3.8) is 0 Å². The highest BCUT2D eigenvalue weighted by atomic mass is 15.1. The fourth-order valence-corrected chi connectivity index (χ4v) is 3.10. The molecule has 1 saturated heterocycles. The smallest absolute Gasteiger partial charge is 0.00767 e. The molecule has 1 N–H and O–H groups in total. The van der Waals surface area contributed by atoms with Crippen molar-refractivity contribution in [1.29, 1.82) is 0 Å². The lowest BCUT2D eigenvalue weighted by Crippen LogP contribution is -2.44. The van der Waals surface area contributed by atoms with Gasteiger partial charge in [0.1, 0.15) is 0 Å². The Morgan fingerprint density at radius 1 is 1.24 bits per heavy atom. The van der Waals surface area contributed by atoms with Gasteiger partial charge >= 0.3 is 0 Å². The first-order valence-corrected chi connectivity index (χ1v) is 7.73. The van der Waals surface area contributed by atoms with Crippen molar-refractivity contribution in [2.24, 2.45) is 11.8 Å². The van der Waals surface area contributed by atoms with Crippen molar-refractivity contribution in [3.05, 3.63) is 0 Å². The highest BCUT2D eigenvalue weighted by molar-refractivity contribution is 4.77. The van der Waals surface area contributed by atoms with Crippen molar-refractivity contribution < 1.29 is 0 Å². The Morgan fingerprint density at radius 2 is 2.06 bits per heavy atom. The van der Waals surface area contributed by atoms with Crippen LogP contribution in [0.1, 0.15) is 52.4 Å². The molecule has 2 nitrogen and oxygen atoms in total. The Hall–Kier alpha value is -0.0800. The number of nitrogens with zero attached hydrogens (tertiary/aromatic N) is 1. The van der Waals surface area contributed by atoms with Crippen molar-refractivity contribution in [3.8, 4) is 0 Å². The Bertz CT molecular complexity index is 211. The fraction of sp³-hybridized carbons (Fsp3) is 1.00. The number of hydrogen-bond donors (Lipinski definition) is 1. The summed E-state index contributed by atoms with van der Waals surface area (Å²) in [5, 5.41) is 3.70. The lowest BCUT2D eigenvalue weighted by Gasteiger charge is -2.34. The summed E-state index contributed by atoms with van der Waals surface area (Å²) in [5.74, 6) is 1.88. The fourth-order valence-electron chi connectivity index (χ4n) is 3.10. The van der Waals surface area contributed by atoms with Crippen LogP contribution in [0.3, 0.4) is 0 Å². The Kier molecular flexibility index (Phi) is 5.30. The predicted octanol–water partition coefficient (Wildman–Crippen LogP) is 2.89. The monoisotopic (exact) mass is 238 g/mol. The van der Waals surface area contributed by atoms with Gasteiger partial charge in [-0.05, 0) is 50.7 Å². The van der Waals surface area contributed by atoms with Crippen LogP contribution in [0.15, 0.2) is 0 Å². The summed E-state index contributed by atoms with van der Waals surface area (Å²) in [6.07, 6.45) is 8.57. The Morgan fingerprint density at radius 3 is 2.71 bits per heavy atom. The first kappa shape index (κ1) is 13.4. The molecule has 1 heterocycles. The van der Waals surface area contributed by atoms with Gasteiger partial charge in [-0.3, -0.25) is 0 Å². The average molecular weight is 238 g/mol. The van der Waals surface area contributed by atoms with Gasteiger partial charge in [0.05, 0.1) is 0 Å². The minimum Gasteiger partial charge on any atom is -0.314 e. The molecule has 1 aliphatic heterocycles. The van der Waals surface area contributed by atoms with Crippen molar-refractivity contribution in [2.45, 2.75) is 58.4 Å². The predicted molar refractivity (Wildman–Crippen MR) is 74.3 cm³/mol. The van der Waals surface area contributed by atoms with Crippen LogP contribution < -0.4 is 5.32 Å². The van der Waals surface area contributed by atoms with Crippen molar-refractivity contribution in [2.75, 3.05) is 26.2 Å². The summed E-state index contributed by atoms with van der Waals surface area (Å²) < 4.78 is 0. The maximum atomic E-state index is 3.70. The molecule has 0 radical (unpaired) electrons. The van der Waals surface area contributed by atoms with Crippen LogP contribution in [-0.2, 0) is 0 Å². The second-order valence-electron chi connectivity index (χ2n) is 6.29. The van der Waals surface area contributed by atoms with Gasteiger partial charge in [0.15, 0.2) is 0 Å². The summed E-state index contributed by atoms with van der Waals surface area (Å²) in [6, 6.07) is 0.754. The second-order valence-corrected chi connectivity index (χ2v) is 6.29. The van der Waals surface area contributed by atoms with Gasteiger partial charge in [0.25, 0.3) is 0 Å². The Balaban J connectivity index is 1.73. The molecule has 2 atom stereocenters. The van der Waals surface area contributed by atoms with E-state index in [0.717, 1.165) is 17.9 Å². The molecule has 100 valence electrons. The SMILES string of the molecule is CCC1CCN(CCC2CCC2)CC(C)CN1. The zero-order chi connectivity index (χ0) is 12.1. The van der Waals surface area contributed by atoms with Crippen LogP contribution in [0.4, 0.5) is 0 Å². The lowest BCUT2D eigenvalue weighted by atomic mass is 9.83. The van der Waals surface area contributed by atoms with Gasteiger partial charge in [-0.1, -0.05) is 33.1 Å². The average Bonchev–Trinajstić information content (AvgIpc) is 2.23. The molecule has 2 fully saturated rings. The van der Waals surface area contributed by atoms with Gasteiger partial charge in [0, 0.05) is 12.6 Å². The molecular formula is C15H30N2. The minimum atomic E-state index is 0.754. The van der Waals surface area contributed by atoms with E-state index in [2.05, 4.69) is 24.1 Å². The van der Waals surface area contributed by atoms with E-state index in [9.17, 15) is 0 Å². The Labute approximate surface area is 107 Å². The number of nitrogens with one attached hydrogen (secondary N) is 1. The molecule has 2 rings (SSSR count). The number of rotatable bonds is 4. The standard InChI is InChI=1S/C15H30N2/c1-3-15-8-10-17(12-13(2)11-16-15)9-7-14-5-4-6-14/h13-16H,3-12H2,1-2H3. The zero-order valence-corrected chi connectivity index (χ0v) is 11.8. The van der Waals surface area contributed by atoms with E-state index in [-0.39, 0.29) is 0 Å². The molecule has 17 heavy (non-hydrogen) atoms. The molecule has 1 aliphatic carbocycles. The second kappa shape index (κ2) is 6.75. The van der Waals surface area contributed by atoms with Gasteiger partial charge in [-0.2, -0.15) is 0 Å². The molecule has 0 aromatic rings. The third-order valence-electron chi connectivity index (χ3n) is 4.69. The molecule has 2 unspecified atom stereocenters. The van der Waals surface area contributed by atoms with Gasteiger partial charge in [-0.25, -0.2) is 0 Å². The quantitative estimate of drug-likeness (QED) is 0.810. The third-order valence-corrected chi connectivity index (χ3v) is 4.69. The van der Waals surface area contributed by atoms with Crippen LogP contribution in [-0.4, -0.2) is 37.1 Å². The van der Waals surface area contributed by atoms with E-state index in [1.807, 2.05) is 0 Å². The third kappa shape index (κ3) is 4.26. The van der Waals surface area contributed by atoms with Crippen LogP contribution in [0.5, 0.6) is 0 Å². The van der Waals surface area contributed by atoms with Gasteiger partial charge in [-0.15, -0.1) is 0 Å². The summed E-state index contributed by atoms with van der Waals surface area (Å²) >= 11 is 0. The van der Waals surface area contributed by atoms with Crippen LogP contribution in [0.25, 0.3) is 0 Å². The van der Waals surface area contributed by atoms with Crippen LogP contribution >= 0.6 is 0 Å². The normalized spacial score (nSPS) is 32.8. The molecule has 0 spiro atoms. The highest BCUT2D eigenvalue weighted by Crippen LogP contribution is 2.29. The molecule has 0 amide bonds. The molecular weight excluding hydrogens is 208 g/mol. The zero-order valence-electron chi connectivity index (χ0n) is 11.8. The summed E-state index contributed by atoms with van der Waals surface area (Å²) in [5.41, 5.74) is 0. The molecule has 0 aromatic carbocycles. The highest BCUT2D eigenvalue weighted by Gasteiger charge is 2.21. The van der Waals surface area contributed by atoms with E-state index in [0.29, 0.717) is 0 Å². The van der Waals surface area contributed by atoms with Gasteiger partial charge < -0.3 is 10.2 Å². The van der Waals surface area contributed by atoms with E-state index >= 15 is 0 Å². The maximum absolute atomic E-state index is 3.70. The first-order chi connectivity index (χ1) is 8.28. The summed E-state index contributed by atoms with van der Waals surface area (Å²) in [7, 11) is 0. The summed E-state index contributed by atoms with van der Waals surface area (Å²) in [6.45, 7) is 9.87. The van der Waals surface area contributed by atoms with E-state index < -0.39 is 0 Å². The lowest BCUT2D eigenvalue weighted by molar-refractivity contribution is 0.170. The molecule has 2 heteroatoms. The molecule has 2 aliphatic rings. The number of hydrogen-bond acceptors (Lipinski definition) is 2. The molecule has 1 saturated carbocycles. The van der Waals surface area contributed by atoms with E-state index in [4.69, 9.17) is 0 Å². The summed E-state index contributed by atoms with van der Waals surface area (Å²) in [4.78, 5) is 2.73. The van der Waals surface area contributed by atoms with E-state index in [1.165, 1.54) is 64.7 Å². The van der Waals surface area contributed by atoms with Crippen LogP contribution in [0.2, 0.25) is 0 Å².